The van der Waals surface area contributed by atoms with E-state index >= 15 is 0 Å². The van der Waals surface area contributed by atoms with Crippen LogP contribution in [-0.2, 0) is 16.0 Å². The first-order valence-electron chi connectivity index (χ1n) is 7.24. The molecule has 1 heterocycles. The number of rotatable bonds is 4. The molecule has 0 unspecified atom stereocenters. The Balaban J connectivity index is 1.87. The van der Waals surface area contributed by atoms with Gasteiger partial charge in [-0.25, -0.2) is 0 Å². The van der Waals surface area contributed by atoms with Crippen molar-refractivity contribution in [3.8, 4) is 0 Å². The molecule has 1 amide bonds. The highest BCUT2D eigenvalue weighted by Crippen LogP contribution is 2.12. The van der Waals surface area contributed by atoms with Gasteiger partial charge in [0.05, 0.1) is 13.0 Å². The summed E-state index contributed by atoms with van der Waals surface area (Å²) in [5, 5.41) is 8.76. The number of aliphatic carboxylic acids is 1. The summed E-state index contributed by atoms with van der Waals surface area (Å²) >= 11 is 0. The Labute approximate surface area is 125 Å². The highest BCUT2D eigenvalue weighted by Gasteiger charge is 2.22. The highest BCUT2D eigenvalue weighted by molar-refractivity contribution is 5.79. The van der Waals surface area contributed by atoms with Gasteiger partial charge in [-0.3, -0.25) is 14.5 Å². The van der Waals surface area contributed by atoms with Gasteiger partial charge in [0, 0.05) is 26.2 Å². The molecule has 1 aromatic carbocycles. The summed E-state index contributed by atoms with van der Waals surface area (Å²) in [6.45, 7) is 6.64. The van der Waals surface area contributed by atoms with Gasteiger partial charge in [0.1, 0.15) is 0 Å². The lowest BCUT2D eigenvalue weighted by atomic mass is 10.0. The molecular weight excluding hydrogens is 268 g/mol. The Bertz CT molecular complexity index is 534. The van der Waals surface area contributed by atoms with Gasteiger partial charge < -0.3 is 10.0 Å². The van der Waals surface area contributed by atoms with E-state index in [4.69, 9.17) is 5.11 Å². The number of hydrogen-bond donors (Lipinski definition) is 1. The second-order valence-electron chi connectivity index (χ2n) is 5.65. The van der Waals surface area contributed by atoms with Crippen LogP contribution in [0.3, 0.4) is 0 Å². The molecule has 0 aromatic heterocycles. The molecule has 2 rings (SSSR count). The maximum Gasteiger partial charge on any atom is 0.317 e. The minimum atomic E-state index is -0.815. The van der Waals surface area contributed by atoms with E-state index < -0.39 is 5.97 Å². The van der Waals surface area contributed by atoms with Gasteiger partial charge in [-0.05, 0) is 30.5 Å². The zero-order chi connectivity index (χ0) is 15.4. The molecule has 21 heavy (non-hydrogen) atoms. The standard InChI is InChI=1S/C16H22N2O3/c1-12-3-4-14(9-13(12)2)10-15(19)18-7-5-17(6-8-18)11-16(20)21/h3-4,9H,5-8,10-11H2,1-2H3,(H,20,21). The van der Waals surface area contributed by atoms with Gasteiger partial charge in [-0.2, -0.15) is 0 Å². The maximum atomic E-state index is 12.3. The molecule has 0 atom stereocenters. The Morgan fingerprint density at radius 3 is 2.33 bits per heavy atom. The fraction of sp³-hybridized carbons (Fsp3) is 0.500. The van der Waals surface area contributed by atoms with Crippen LogP contribution in [0.5, 0.6) is 0 Å². The number of carbonyl (C=O) groups excluding carboxylic acids is 1. The first-order chi connectivity index (χ1) is 9.95. The van der Waals surface area contributed by atoms with Gasteiger partial charge in [0.25, 0.3) is 0 Å². The molecule has 0 bridgehead atoms. The van der Waals surface area contributed by atoms with Crippen LogP contribution in [0.1, 0.15) is 16.7 Å². The van der Waals surface area contributed by atoms with Crippen LogP contribution >= 0.6 is 0 Å². The van der Waals surface area contributed by atoms with Crippen LogP contribution < -0.4 is 0 Å². The predicted molar refractivity (Wildman–Crippen MR) is 80.3 cm³/mol. The molecule has 1 saturated heterocycles. The number of amides is 1. The number of carboxylic acids is 1. The molecule has 0 radical (unpaired) electrons. The van der Waals surface area contributed by atoms with E-state index in [2.05, 4.69) is 13.0 Å². The fourth-order valence-corrected chi connectivity index (χ4v) is 2.55. The smallest absolute Gasteiger partial charge is 0.317 e. The Morgan fingerprint density at radius 2 is 1.76 bits per heavy atom. The van der Waals surface area contributed by atoms with E-state index in [0.717, 1.165) is 5.56 Å². The van der Waals surface area contributed by atoms with Crippen molar-refractivity contribution >= 4 is 11.9 Å². The van der Waals surface area contributed by atoms with Crippen LogP contribution in [0, 0.1) is 13.8 Å². The Morgan fingerprint density at radius 1 is 1.10 bits per heavy atom. The van der Waals surface area contributed by atoms with Gasteiger partial charge in [0.15, 0.2) is 0 Å². The normalized spacial score (nSPS) is 16.0. The third kappa shape index (κ3) is 4.29. The lowest BCUT2D eigenvalue weighted by Crippen LogP contribution is -2.50. The third-order valence-electron chi connectivity index (χ3n) is 4.01. The van der Waals surface area contributed by atoms with Gasteiger partial charge in [0.2, 0.25) is 5.91 Å². The highest BCUT2D eigenvalue weighted by atomic mass is 16.4. The van der Waals surface area contributed by atoms with Crippen molar-refractivity contribution in [2.75, 3.05) is 32.7 Å². The summed E-state index contributed by atoms with van der Waals surface area (Å²) in [4.78, 5) is 26.6. The molecule has 0 spiro atoms. The van der Waals surface area contributed by atoms with Crippen LogP contribution in [0.25, 0.3) is 0 Å². The number of nitrogens with zero attached hydrogens (tertiary/aromatic N) is 2. The van der Waals surface area contributed by atoms with E-state index in [-0.39, 0.29) is 12.5 Å². The van der Waals surface area contributed by atoms with E-state index in [1.807, 2.05) is 28.9 Å². The first-order valence-corrected chi connectivity index (χ1v) is 7.24. The summed E-state index contributed by atoms with van der Waals surface area (Å²) in [6, 6.07) is 6.11. The molecule has 0 aliphatic carbocycles. The molecule has 1 aromatic rings. The zero-order valence-electron chi connectivity index (χ0n) is 12.6. The molecule has 1 fully saturated rings. The van der Waals surface area contributed by atoms with Gasteiger partial charge in [-0.1, -0.05) is 18.2 Å². The zero-order valence-corrected chi connectivity index (χ0v) is 12.6. The minimum absolute atomic E-state index is 0.0547. The van der Waals surface area contributed by atoms with E-state index in [9.17, 15) is 9.59 Å². The molecule has 1 aliphatic heterocycles. The predicted octanol–water partition coefficient (Wildman–Crippen LogP) is 1.07. The van der Waals surface area contributed by atoms with Crippen LogP contribution in [-0.4, -0.2) is 59.5 Å². The van der Waals surface area contributed by atoms with E-state index in [1.54, 1.807) is 0 Å². The molecular formula is C16H22N2O3. The number of benzene rings is 1. The molecule has 1 aliphatic rings. The lowest BCUT2D eigenvalue weighted by molar-refractivity contribution is -0.139. The van der Waals surface area contributed by atoms with Gasteiger partial charge in [-0.15, -0.1) is 0 Å². The number of hydrogen-bond acceptors (Lipinski definition) is 3. The summed E-state index contributed by atoms with van der Waals surface area (Å²) < 4.78 is 0. The molecule has 114 valence electrons. The van der Waals surface area contributed by atoms with E-state index in [1.165, 1.54) is 11.1 Å². The topological polar surface area (TPSA) is 60.9 Å². The van der Waals surface area contributed by atoms with Crippen LogP contribution in [0.2, 0.25) is 0 Å². The second-order valence-corrected chi connectivity index (χ2v) is 5.65. The van der Waals surface area contributed by atoms with Crippen molar-refractivity contribution in [3.05, 3.63) is 34.9 Å². The second kappa shape index (κ2) is 6.72. The lowest BCUT2D eigenvalue weighted by Gasteiger charge is -2.33. The average molecular weight is 290 g/mol. The summed E-state index contributed by atoms with van der Waals surface area (Å²) in [5.74, 6) is -0.696. The van der Waals surface area contributed by atoms with Crippen molar-refractivity contribution in [1.29, 1.82) is 0 Å². The number of carboxylic acid groups (broad SMARTS) is 1. The summed E-state index contributed by atoms with van der Waals surface area (Å²) in [7, 11) is 0. The largest absolute Gasteiger partial charge is 0.480 e. The summed E-state index contributed by atoms with van der Waals surface area (Å²) in [5.41, 5.74) is 3.47. The first kappa shape index (κ1) is 15.5. The van der Waals surface area contributed by atoms with Crippen molar-refractivity contribution in [3.63, 3.8) is 0 Å². The average Bonchev–Trinajstić information content (AvgIpc) is 2.43. The van der Waals surface area contributed by atoms with Crippen molar-refractivity contribution in [2.24, 2.45) is 0 Å². The van der Waals surface area contributed by atoms with Crippen molar-refractivity contribution in [2.45, 2.75) is 20.3 Å². The van der Waals surface area contributed by atoms with Crippen LogP contribution in [0.4, 0.5) is 0 Å². The molecule has 0 saturated carbocycles. The summed E-state index contributed by atoms with van der Waals surface area (Å²) in [6.07, 6.45) is 0.417. The Kier molecular flexibility index (Phi) is 4.96. The monoisotopic (exact) mass is 290 g/mol. The van der Waals surface area contributed by atoms with E-state index in [0.29, 0.717) is 32.6 Å². The number of aryl methyl sites for hydroxylation is 2. The van der Waals surface area contributed by atoms with Crippen molar-refractivity contribution in [1.82, 2.24) is 9.80 Å². The maximum absolute atomic E-state index is 12.3. The van der Waals surface area contributed by atoms with Crippen molar-refractivity contribution < 1.29 is 14.7 Å². The molecule has 5 nitrogen and oxygen atoms in total. The quantitative estimate of drug-likeness (QED) is 0.901. The molecule has 1 N–H and O–H groups in total. The molecule has 5 heteroatoms. The van der Waals surface area contributed by atoms with Gasteiger partial charge >= 0.3 is 5.97 Å². The van der Waals surface area contributed by atoms with Crippen LogP contribution in [0.15, 0.2) is 18.2 Å². The number of carbonyl (C=O) groups is 2. The number of piperazine rings is 1. The third-order valence-corrected chi connectivity index (χ3v) is 4.01. The Hall–Kier alpha value is -1.88. The fourth-order valence-electron chi connectivity index (χ4n) is 2.55. The minimum Gasteiger partial charge on any atom is -0.480 e. The SMILES string of the molecule is Cc1ccc(CC(=O)N2CCN(CC(=O)O)CC2)cc1C.